The van der Waals surface area contributed by atoms with E-state index in [2.05, 4.69) is 5.43 Å². The Balaban J connectivity index is 2.95. The molecule has 0 aliphatic carbocycles. The van der Waals surface area contributed by atoms with Crippen LogP contribution in [0.15, 0.2) is 0 Å². The van der Waals surface area contributed by atoms with Crippen molar-refractivity contribution < 1.29 is 9.90 Å². The number of hydrogen-bond donors (Lipinski definition) is 3. The molecule has 11 heavy (non-hydrogen) atoms. The molecular weight excluding hydrogens is 164 g/mol. The molecule has 0 aliphatic rings. The summed E-state index contributed by atoms with van der Waals surface area (Å²) in [7, 11) is 0. The maximum Gasteiger partial charge on any atom is 0.234 e. The summed E-state index contributed by atoms with van der Waals surface area (Å²) in [5.74, 6) is 6.39. The average molecular weight is 178 g/mol. The molecule has 0 aromatic rings. The van der Waals surface area contributed by atoms with Crippen LogP contribution in [-0.2, 0) is 4.79 Å². The molecule has 0 saturated carbocycles. The first-order valence-corrected chi connectivity index (χ1v) is 4.64. The molecule has 0 aromatic heterocycles. The lowest BCUT2D eigenvalue weighted by Gasteiger charge is -1.98. The highest BCUT2D eigenvalue weighted by Crippen LogP contribution is 2.03. The largest absolute Gasteiger partial charge is 0.396 e. The van der Waals surface area contributed by atoms with Crippen molar-refractivity contribution in [3.05, 3.63) is 0 Å². The zero-order chi connectivity index (χ0) is 8.53. The third-order valence-electron chi connectivity index (χ3n) is 1.08. The van der Waals surface area contributed by atoms with Crippen molar-refractivity contribution in [1.29, 1.82) is 0 Å². The fraction of sp³-hybridized carbons (Fsp3) is 0.833. The molecule has 0 heterocycles. The van der Waals surface area contributed by atoms with E-state index in [1.165, 1.54) is 0 Å². The monoisotopic (exact) mass is 178 g/mol. The van der Waals surface area contributed by atoms with Crippen molar-refractivity contribution in [2.45, 2.75) is 12.8 Å². The number of aliphatic hydroxyl groups excluding tert-OH is 1. The summed E-state index contributed by atoms with van der Waals surface area (Å²) in [5, 5.41) is 8.41. The predicted molar refractivity (Wildman–Crippen MR) is 46.0 cm³/mol. The maximum absolute atomic E-state index is 10.5. The second kappa shape index (κ2) is 7.84. The normalized spacial score (nSPS) is 9.64. The molecule has 0 fully saturated rings. The summed E-state index contributed by atoms with van der Waals surface area (Å²) in [6, 6.07) is 0. The van der Waals surface area contributed by atoms with E-state index in [1.54, 1.807) is 11.8 Å². The minimum atomic E-state index is -0.138. The summed E-state index contributed by atoms with van der Waals surface area (Å²) >= 11 is 1.65. The Hall–Kier alpha value is -0.260. The van der Waals surface area contributed by atoms with Crippen LogP contribution in [0, 0.1) is 0 Å². The first-order valence-electron chi connectivity index (χ1n) is 3.49. The third-order valence-corrected chi connectivity index (χ3v) is 2.15. The molecule has 0 aliphatic heterocycles. The van der Waals surface area contributed by atoms with Crippen molar-refractivity contribution in [3.8, 4) is 0 Å². The van der Waals surface area contributed by atoms with Crippen LogP contribution in [0.5, 0.6) is 0 Å². The number of hydrazine groups is 1. The predicted octanol–water partition coefficient (Wildman–Crippen LogP) is -0.518. The van der Waals surface area contributed by atoms with Crippen molar-refractivity contribution in [2.24, 2.45) is 5.84 Å². The standard InChI is InChI=1S/C6H14N2O2S/c7-8-6(10)2-5-11-4-1-3-9/h9H,1-5,7H2,(H,8,10). The number of nitrogens with one attached hydrogen (secondary N) is 1. The molecule has 0 atom stereocenters. The Labute approximate surface area is 70.5 Å². The van der Waals surface area contributed by atoms with E-state index in [1.807, 2.05) is 0 Å². The fourth-order valence-corrected chi connectivity index (χ4v) is 1.37. The number of carbonyl (C=O) groups excluding carboxylic acids is 1. The lowest BCUT2D eigenvalue weighted by atomic mass is 10.5. The number of carbonyl (C=O) groups is 1. The van der Waals surface area contributed by atoms with Crippen LogP contribution in [-0.4, -0.2) is 29.1 Å². The summed E-state index contributed by atoms with van der Waals surface area (Å²) in [5.41, 5.74) is 2.05. The highest BCUT2D eigenvalue weighted by Gasteiger charge is 1.96. The Bertz CT molecular complexity index is 111. The van der Waals surface area contributed by atoms with Gasteiger partial charge in [0, 0.05) is 18.8 Å². The van der Waals surface area contributed by atoms with Gasteiger partial charge >= 0.3 is 0 Å². The Morgan fingerprint density at radius 1 is 1.55 bits per heavy atom. The second-order valence-corrected chi connectivity index (χ2v) is 3.23. The maximum atomic E-state index is 10.5. The molecule has 4 nitrogen and oxygen atoms in total. The molecule has 1 amide bonds. The molecule has 0 aromatic carbocycles. The number of rotatable bonds is 6. The van der Waals surface area contributed by atoms with E-state index in [-0.39, 0.29) is 12.5 Å². The van der Waals surface area contributed by atoms with Crippen molar-refractivity contribution in [2.75, 3.05) is 18.1 Å². The van der Waals surface area contributed by atoms with E-state index >= 15 is 0 Å². The topological polar surface area (TPSA) is 75.3 Å². The number of nitrogens with two attached hydrogens (primary N) is 1. The number of hydrogen-bond acceptors (Lipinski definition) is 4. The van der Waals surface area contributed by atoms with E-state index < -0.39 is 0 Å². The summed E-state index contributed by atoms with van der Waals surface area (Å²) < 4.78 is 0. The molecule has 0 saturated heterocycles. The fourth-order valence-electron chi connectivity index (χ4n) is 0.506. The van der Waals surface area contributed by atoms with E-state index in [0.717, 1.165) is 17.9 Å². The lowest BCUT2D eigenvalue weighted by Crippen LogP contribution is -2.30. The minimum Gasteiger partial charge on any atom is -0.396 e. The van der Waals surface area contributed by atoms with Crippen LogP contribution in [0.1, 0.15) is 12.8 Å². The van der Waals surface area contributed by atoms with Gasteiger partial charge in [-0.2, -0.15) is 11.8 Å². The van der Waals surface area contributed by atoms with Crippen LogP contribution in [0.3, 0.4) is 0 Å². The van der Waals surface area contributed by atoms with Crippen molar-refractivity contribution >= 4 is 17.7 Å². The summed E-state index contributed by atoms with van der Waals surface area (Å²) in [6.07, 6.45) is 1.24. The zero-order valence-corrected chi connectivity index (χ0v) is 7.19. The van der Waals surface area contributed by atoms with E-state index in [0.29, 0.717) is 6.42 Å². The Morgan fingerprint density at radius 3 is 2.82 bits per heavy atom. The third kappa shape index (κ3) is 7.64. The van der Waals surface area contributed by atoms with Crippen LogP contribution in [0.2, 0.25) is 0 Å². The first-order chi connectivity index (χ1) is 5.31. The minimum absolute atomic E-state index is 0.138. The van der Waals surface area contributed by atoms with E-state index in [4.69, 9.17) is 10.9 Å². The van der Waals surface area contributed by atoms with Crippen LogP contribution < -0.4 is 11.3 Å². The molecule has 0 radical (unpaired) electrons. The van der Waals surface area contributed by atoms with Crippen LogP contribution in [0.4, 0.5) is 0 Å². The highest BCUT2D eigenvalue weighted by atomic mass is 32.2. The second-order valence-electron chi connectivity index (χ2n) is 2.01. The van der Waals surface area contributed by atoms with Gasteiger partial charge in [-0.25, -0.2) is 5.84 Å². The van der Waals surface area contributed by atoms with Crippen molar-refractivity contribution in [3.63, 3.8) is 0 Å². The number of amides is 1. The Morgan fingerprint density at radius 2 is 2.27 bits per heavy atom. The molecule has 66 valence electrons. The number of thioether (sulfide) groups is 1. The molecule has 0 bridgehead atoms. The Kier molecular flexibility index (Phi) is 7.66. The van der Waals surface area contributed by atoms with Crippen molar-refractivity contribution in [1.82, 2.24) is 5.43 Å². The van der Waals surface area contributed by atoms with Gasteiger partial charge in [0.15, 0.2) is 0 Å². The van der Waals surface area contributed by atoms with Gasteiger partial charge in [0.25, 0.3) is 0 Å². The summed E-state index contributed by atoms with van der Waals surface area (Å²) in [6.45, 7) is 0.218. The van der Waals surface area contributed by atoms with Gasteiger partial charge in [0.1, 0.15) is 0 Å². The molecule has 0 rings (SSSR count). The smallest absolute Gasteiger partial charge is 0.234 e. The zero-order valence-electron chi connectivity index (χ0n) is 6.38. The summed E-state index contributed by atoms with van der Waals surface area (Å²) in [4.78, 5) is 10.5. The molecule has 4 N–H and O–H groups in total. The highest BCUT2D eigenvalue weighted by molar-refractivity contribution is 7.99. The number of aliphatic hydroxyl groups is 1. The van der Waals surface area contributed by atoms with Crippen LogP contribution >= 0.6 is 11.8 Å². The van der Waals surface area contributed by atoms with Gasteiger partial charge in [-0.05, 0) is 12.2 Å². The van der Waals surface area contributed by atoms with Gasteiger partial charge < -0.3 is 5.11 Å². The van der Waals surface area contributed by atoms with Gasteiger partial charge in [0.05, 0.1) is 0 Å². The quantitative estimate of drug-likeness (QED) is 0.221. The SMILES string of the molecule is NNC(=O)CCSCCCO. The van der Waals surface area contributed by atoms with Gasteiger partial charge in [-0.1, -0.05) is 0 Å². The van der Waals surface area contributed by atoms with Gasteiger partial charge in [-0.3, -0.25) is 10.2 Å². The molecule has 0 unspecified atom stereocenters. The molecular formula is C6H14N2O2S. The lowest BCUT2D eigenvalue weighted by molar-refractivity contribution is -0.120. The van der Waals surface area contributed by atoms with E-state index in [9.17, 15) is 4.79 Å². The van der Waals surface area contributed by atoms with Gasteiger partial charge in [-0.15, -0.1) is 0 Å². The van der Waals surface area contributed by atoms with Crippen LogP contribution in [0.25, 0.3) is 0 Å². The molecule has 5 heteroatoms. The van der Waals surface area contributed by atoms with Gasteiger partial charge in [0.2, 0.25) is 5.91 Å². The average Bonchev–Trinajstić information content (AvgIpc) is 2.04. The first kappa shape index (κ1) is 10.7. The molecule has 0 spiro atoms.